The number of hydrogen-bond donors (Lipinski definition) is 1. The Morgan fingerprint density at radius 2 is 1.96 bits per heavy atom. The van der Waals surface area contributed by atoms with Crippen molar-refractivity contribution in [2.24, 2.45) is 0 Å². The van der Waals surface area contributed by atoms with Gasteiger partial charge >= 0.3 is 5.97 Å². The zero-order chi connectivity index (χ0) is 16.8. The molecule has 1 N–H and O–H groups in total. The Balaban J connectivity index is 2.06. The lowest BCUT2D eigenvalue weighted by Gasteiger charge is -2.35. The number of benzene rings is 1. The van der Waals surface area contributed by atoms with Gasteiger partial charge in [-0.2, -0.15) is 0 Å². The number of methoxy groups -OCH3 is 1. The van der Waals surface area contributed by atoms with E-state index in [-0.39, 0.29) is 22.5 Å². The minimum Gasteiger partial charge on any atom is -0.507 e. The molecule has 0 saturated heterocycles. The number of aliphatic hydroxyl groups excluding tert-OH is 1. The molecular formula is C17H18Cl2O4. The summed E-state index contributed by atoms with van der Waals surface area (Å²) in [5.41, 5.74) is 0.387. The van der Waals surface area contributed by atoms with Gasteiger partial charge in [0.1, 0.15) is 5.57 Å². The molecule has 1 aliphatic heterocycles. The van der Waals surface area contributed by atoms with Gasteiger partial charge in [0.05, 0.1) is 16.1 Å². The van der Waals surface area contributed by atoms with E-state index in [4.69, 9.17) is 32.7 Å². The fourth-order valence-electron chi connectivity index (χ4n) is 3.41. The van der Waals surface area contributed by atoms with Crippen LogP contribution < -0.4 is 0 Å². The van der Waals surface area contributed by atoms with Crippen LogP contribution in [0.2, 0.25) is 10.0 Å². The highest BCUT2D eigenvalue weighted by Gasteiger charge is 2.51. The normalized spacial score (nSPS) is 27.7. The van der Waals surface area contributed by atoms with Crippen molar-refractivity contribution in [3.63, 3.8) is 0 Å². The molecule has 1 aromatic carbocycles. The fourth-order valence-corrected chi connectivity index (χ4v) is 3.87. The Morgan fingerprint density at radius 1 is 1.30 bits per heavy atom. The number of aliphatic hydroxyl groups is 1. The first-order valence-corrected chi connectivity index (χ1v) is 8.30. The minimum absolute atomic E-state index is 0.0377. The Bertz CT molecular complexity index is 688. The summed E-state index contributed by atoms with van der Waals surface area (Å²) in [5, 5.41) is 11.4. The van der Waals surface area contributed by atoms with Gasteiger partial charge in [0, 0.05) is 12.7 Å². The number of carbonyl (C=O) groups excluding carboxylic acids is 1. The Hall–Kier alpha value is -1.23. The number of aryl methyl sites for hydroxylation is 1. The topological polar surface area (TPSA) is 55.8 Å². The van der Waals surface area contributed by atoms with Crippen LogP contribution in [-0.2, 0) is 14.3 Å². The molecule has 3 rings (SSSR count). The van der Waals surface area contributed by atoms with Crippen molar-refractivity contribution in [2.45, 2.75) is 44.3 Å². The fraction of sp³-hybridized carbons (Fsp3) is 0.471. The summed E-state index contributed by atoms with van der Waals surface area (Å²) in [5.74, 6) is -0.588. The van der Waals surface area contributed by atoms with Gasteiger partial charge in [-0.3, -0.25) is 0 Å². The van der Waals surface area contributed by atoms with Crippen LogP contribution >= 0.6 is 23.2 Å². The van der Waals surface area contributed by atoms with E-state index in [1.165, 1.54) is 0 Å². The molecule has 0 amide bonds. The standard InChI is InChI=1S/C17H18Cl2O4/c1-9-3-4-11(18)14(19)12(9)13-15(20)17(23-16(13)21)7-5-10(22-2)6-8-17/h3-4,10,20H,5-8H2,1-2H3. The molecule has 4 nitrogen and oxygen atoms in total. The molecule has 0 bridgehead atoms. The molecule has 1 fully saturated rings. The molecule has 0 radical (unpaired) electrons. The van der Waals surface area contributed by atoms with E-state index in [2.05, 4.69) is 0 Å². The van der Waals surface area contributed by atoms with Crippen LogP contribution in [0.4, 0.5) is 0 Å². The van der Waals surface area contributed by atoms with Gasteiger partial charge < -0.3 is 14.6 Å². The van der Waals surface area contributed by atoms with E-state index in [1.807, 2.05) is 6.92 Å². The highest BCUT2D eigenvalue weighted by atomic mass is 35.5. The third-order valence-corrected chi connectivity index (χ3v) is 5.59. The maximum absolute atomic E-state index is 12.5. The first kappa shape index (κ1) is 16.6. The average molecular weight is 357 g/mol. The summed E-state index contributed by atoms with van der Waals surface area (Å²) in [6, 6.07) is 3.43. The summed E-state index contributed by atoms with van der Waals surface area (Å²) in [4.78, 5) is 12.5. The van der Waals surface area contributed by atoms with Gasteiger partial charge in [0.15, 0.2) is 11.4 Å². The summed E-state index contributed by atoms with van der Waals surface area (Å²) in [6.45, 7) is 1.82. The van der Waals surface area contributed by atoms with Crippen molar-refractivity contribution in [1.82, 2.24) is 0 Å². The van der Waals surface area contributed by atoms with E-state index >= 15 is 0 Å². The van der Waals surface area contributed by atoms with E-state index in [9.17, 15) is 9.90 Å². The Labute approximate surface area is 145 Å². The van der Waals surface area contributed by atoms with Crippen LogP contribution in [0.15, 0.2) is 17.9 Å². The van der Waals surface area contributed by atoms with Gasteiger partial charge in [-0.15, -0.1) is 0 Å². The summed E-state index contributed by atoms with van der Waals surface area (Å²) in [7, 11) is 1.67. The Kier molecular flexibility index (Phi) is 4.34. The lowest BCUT2D eigenvalue weighted by Crippen LogP contribution is -2.38. The highest BCUT2D eigenvalue weighted by molar-refractivity contribution is 6.44. The summed E-state index contributed by atoms with van der Waals surface area (Å²) < 4.78 is 10.9. The predicted octanol–water partition coefficient (Wildman–Crippen LogP) is 4.46. The van der Waals surface area contributed by atoms with E-state index in [0.29, 0.717) is 23.4 Å². The second kappa shape index (κ2) is 6.00. The third kappa shape index (κ3) is 2.63. The van der Waals surface area contributed by atoms with Gasteiger partial charge in [-0.25, -0.2) is 4.79 Å². The average Bonchev–Trinajstić information content (AvgIpc) is 2.77. The number of ether oxygens (including phenoxy) is 2. The molecule has 0 atom stereocenters. The quantitative estimate of drug-likeness (QED) is 0.795. The number of hydrogen-bond acceptors (Lipinski definition) is 4. The monoisotopic (exact) mass is 356 g/mol. The van der Waals surface area contributed by atoms with Gasteiger partial charge in [-0.1, -0.05) is 29.3 Å². The van der Waals surface area contributed by atoms with Crippen molar-refractivity contribution >= 4 is 34.7 Å². The van der Waals surface area contributed by atoms with Crippen LogP contribution in [0.5, 0.6) is 0 Å². The van der Waals surface area contributed by atoms with Crippen LogP contribution in [0.25, 0.3) is 5.57 Å². The first-order valence-electron chi connectivity index (χ1n) is 7.54. The zero-order valence-electron chi connectivity index (χ0n) is 13.0. The molecule has 1 saturated carbocycles. The molecule has 1 aromatic rings. The van der Waals surface area contributed by atoms with E-state index < -0.39 is 11.6 Å². The first-order chi connectivity index (χ1) is 10.9. The largest absolute Gasteiger partial charge is 0.507 e. The summed E-state index contributed by atoms with van der Waals surface area (Å²) in [6.07, 6.45) is 2.65. The SMILES string of the molecule is COC1CCC2(CC1)OC(=O)C(c1c(C)ccc(Cl)c1Cl)=C2O. The van der Waals surface area contributed by atoms with Crippen molar-refractivity contribution in [3.05, 3.63) is 39.1 Å². The van der Waals surface area contributed by atoms with Crippen LogP contribution in [0.3, 0.4) is 0 Å². The van der Waals surface area contributed by atoms with Crippen LogP contribution in [0.1, 0.15) is 36.8 Å². The molecule has 124 valence electrons. The number of rotatable bonds is 2. The minimum atomic E-state index is -0.959. The number of halogens is 2. The van der Waals surface area contributed by atoms with Crippen molar-refractivity contribution in [1.29, 1.82) is 0 Å². The second-order valence-electron chi connectivity index (χ2n) is 6.10. The number of carbonyl (C=O) groups is 1. The Morgan fingerprint density at radius 3 is 2.57 bits per heavy atom. The van der Waals surface area contributed by atoms with Gasteiger partial charge in [0.25, 0.3) is 0 Å². The maximum Gasteiger partial charge on any atom is 0.343 e. The zero-order valence-corrected chi connectivity index (χ0v) is 14.5. The van der Waals surface area contributed by atoms with Crippen molar-refractivity contribution < 1.29 is 19.4 Å². The van der Waals surface area contributed by atoms with Crippen LogP contribution in [0, 0.1) is 6.92 Å². The third-order valence-electron chi connectivity index (χ3n) is 4.79. The van der Waals surface area contributed by atoms with Crippen molar-refractivity contribution in [3.8, 4) is 0 Å². The molecule has 1 heterocycles. The maximum atomic E-state index is 12.5. The molecule has 1 aliphatic carbocycles. The van der Waals surface area contributed by atoms with Crippen LogP contribution in [-0.4, -0.2) is 29.9 Å². The molecule has 1 spiro atoms. The van der Waals surface area contributed by atoms with E-state index in [1.54, 1.807) is 19.2 Å². The smallest absolute Gasteiger partial charge is 0.343 e. The molecule has 23 heavy (non-hydrogen) atoms. The second-order valence-corrected chi connectivity index (χ2v) is 6.88. The lowest BCUT2D eigenvalue weighted by atomic mass is 9.81. The predicted molar refractivity (Wildman–Crippen MR) is 88.8 cm³/mol. The molecular weight excluding hydrogens is 339 g/mol. The summed E-state index contributed by atoms with van der Waals surface area (Å²) >= 11 is 12.3. The molecule has 2 aliphatic rings. The van der Waals surface area contributed by atoms with Crippen molar-refractivity contribution in [2.75, 3.05) is 7.11 Å². The van der Waals surface area contributed by atoms with E-state index in [0.717, 1.165) is 18.4 Å². The highest BCUT2D eigenvalue weighted by Crippen LogP contribution is 2.48. The van der Waals surface area contributed by atoms with Gasteiger partial charge in [-0.05, 0) is 44.2 Å². The molecule has 0 aromatic heterocycles. The molecule has 0 unspecified atom stereocenters. The number of esters is 1. The van der Waals surface area contributed by atoms with Gasteiger partial charge in [0.2, 0.25) is 0 Å². The lowest BCUT2D eigenvalue weighted by molar-refractivity contribution is -0.151. The molecule has 6 heteroatoms.